The van der Waals surface area contributed by atoms with Gasteiger partial charge in [-0.05, 0) is 0 Å². The first-order valence-electron chi connectivity index (χ1n) is 5.95. The standard InChI is InChI=1S/C7H17O14P3/c1-18-4-2-3(19-22(9,10)11)5(8)7(21-24(15,16)17)6(4)20-23(12,13)14/h3-8H,2H2,1H3,(H2,9,10,11)(H2,12,13,14)(H2,15,16,17)/p-6/t3-,4-,5+,6-,7-/m1/s1. The molecule has 0 amide bonds. The number of aliphatic hydroxyl groups is 1. The van der Waals surface area contributed by atoms with Crippen molar-refractivity contribution in [3.8, 4) is 0 Å². The van der Waals surface area contributed by atoms with Crippen LogP contribution in [0.5, 0.6) is 0 Å². The number of hydrogen-bond donors (Lipinski definition) is 1. The van der Waals surface area contributed by atoms with Crippen molar-refractivity contribution in [1.29, 1.82) is 0 Å². The molecule has 0 aromatic heterocycles. The number of phosphoric ester groups is 3. The van der Waals surface area contributed by atoms with Crippen LogP contribution >= 0.6 is 23.5 Å². The fraction of sp³-hybridized carbons (Fsp3) is 1.00. The Balaban J connectivity index is 3.18. The third kappa shape index (κ3) is 7.24. The minimum atomic E-state index is -5.86. The molecule has 0 unspecified atom stereocenters. The molecule has 17 heteroatoms. The smallest absolute Gasteiger partial charge is 0.120 e. The normalized spacial score (nSPS) is 32.8. The third-order valence-electron chi connectivity index (χ3n) is 2.94. The Kier molecular flexibility index (Phi) is 7.31. The number of rotatable bonds is 7. The van der Waals surface area contributed by atoms with Gasteiger partial charge in [-0.3, -0.25) is 0 Å². The second-order valence-corrected chi connectivity index (χ2v) is 7.94. The summed E-state index contributed by atoms with van der Waals surface area (Å²) in [5.41, 5.74) is 0. The minimum absolute atomic E-state index is 0.696. The van der Waals surface area contributed by atoms with Crippen LogP contribution in [0.25, 0.3) is 0 Å². The molecule has 5 atom stereocenters. The Morgan fingerprint density at radius 3 is 1.58 bits per heavy atom. The zero-order valence-corrected chi connectivity index (χ0v) is 14.4. The Morgan fingerprint density at radius 1 is 0.792 bits per heavy atom. The molecule has 1 aliphatic rings. The molecule has 0 radical (unpaired) electrons. The minimum Gasteiger partial charge on any atom is -0.790 e. The number of aliphatic hydroxyl groups excluding tert-OH is 1. The van der Waals surface area contributed by atoms with Crippen LogP contribution in [0.15, 0.2) is 0 Å². The molecule has 0 aromatic rings. The Hall–Kier alpha value is 0.250. The molecule has 1 aliphatic carbocycles. The lowest BCUT2D eigenvalue weighted by atomic mass is 9.87. The fourth-order valence-corrected chi connectivity index (χ4v) is 3.81. The van der Waals surface area contributed by atoms with E-state index in [4.69, 9.17) is 4.74 Å². The predicted octanol–water partition coefficient (Wildman–Crippen LogP) is -5.59. The van der Waals surface area contributed by atoms with Gasteiger partial charge >= 0.3 is 0 Å². The van der Waals surface area contributed by atoms with E-state index in [9.17, 15) is 48.2 Å². The van der Waals surface area contributed by atoms with E-state index in [1.807, 2.05) is 0 Å². The molecule has 14 nitrogen and oxygen atoms in total. The van der Waals surface area contributed by atoms with Crippen molar-refractivity contribution in [2.45, 2.75) is 36.9 Å². The number of methoxy groups -OCH3 is 1. The fourth-order valence-electron chi connectivity index (χ4n) is 2.17. The monoisotopic (exact) mass is 412 g/mol. The molecule has 0 saturated heterocycles. The zero-order valence-electron chi connectivity index (χ0n) is 11.7. The van der Waals surface area contributed by atoms with Crippen LogP contribution in [0, 0.1) is 0 Å². The molecular weight excluding hydrogens is 401 g/mol. The average Bonchev–Trinajstić information content (AvgIpc) is 2.32. The zero-order chi connectivity index (χ0) is 18.9. The predicted molar refractivity (Wildman–Crippen MR) is 58.9 cm³/mol. The molecule has 0 aromatic carbocycles. The van der Waals surface area contributed by atoms with Gasteiger partial charge < -0.3 is 66.5 Å². The maximum absolute atomic E-state index is 10.7. The maximum atomic E-state index is 10.7. The van der Waals surface area contributed by atoms with Gasteiger partial charge in [-0.1, -0.05) is 0 Å². The summed E-state index contributed by atoms with van der Waals surface area (Å²) in [5, 5.41) is 9.86. The van der Waals surface area contributed by atoms with E-state index in [2.05, 4.69) is 13.6 Å². The van der Waals surface area contributed by atoms with E-state index in [1.54, 1.807) is 0 Å². The molecular formula is C7H11O14P3-6. The Morgan fingerprint density at radius 2 is 1.21 bits per heavy atom. The first-order chi connectivity index (χ1) is 10.6. The van der Waals surface area contributed by atoms with E-state index >= 15 is 0 Å². The summed E-state index contributed by atoms with van der Waals surface area (Å²) in [4.78, 5) is 64.3. The summed E-state index contributed by atoms with van der Waals surface area (Å²) >= 11 is 0. The second kappa shape index (κ2) is 7.87. The molecule has 0 spiro atoms. The van der Waals surface area contributed by atoms with Crippen LogP contribution in [-0.2, 0) is 32.0 Å². The summed E-state index contributed by atoms with van der Waals surface area (Å²) in [5.74, 6) is 0. The van der Waals surface area contributed by atoms with Crippen molar-refractivity contribution in [3.63, 3.8) is 0 Å². The van der Waals surface area contributed by atoms with Gasteiger partial charge in [-0.15, -0.1) is 0 Å². The molecule has 0 bridgehead atoms. The lowest BCUT2D eigenvalue weighted by Crippen LogP contribution is -2.59. The van der Waals surface area contributed by atoms with Crippen LogP contribution in [0.2, 0.25) is 0 Å². The Bertz CT molecular complexity index is 561. The lowest BCUT2D eigenvalue weighted by Gasteiger charge is -2.50. The van der Waals surface area contributed by atoms with Gasteiger partial charge in [0.2, 0.25) is 0 Å². The molecule has 144 valence electrons. The summed E-state index contributed by atoms with van der Waals surface area (Å²) in [7, 11) is -16.4. The summed E-state index contributed by atoms with van der Waals surface area (Å²) in [6.07, 6.45) is -11.0. The van der Waals surface area contributed by atoms with Crippen molar-refractivity contribution in [1.82, 2.24) is 0 Å². The highest BCUT2D eigenvalue weighted by Crippen LogP contribution is 2.43. The SMILES string of the molecule is CO[C@@H]1C[C@@H](OP(=O)([O-])[O-])[C@H](O)[C@@H](OP(=O)([O-])[O-])[C@@H]1OP(=O)([O-])[O-]. The van der Waals surface area contributed by atoms with Crippen molar-refractivity contribution >= 4 is 23.5 Å². The highest BCUT2D eigenvalue weighted by atomic mass is 31.2. The summed E-state index contributed by atoms with van der Waals surface area (Å²) < 4.78 is 48.8. The maximum Gasteiger partial charge on any atom is 0.120 e. The van der Waals surface area contributed by atoms with Crippen LogP contribution in [-0.4, -0.2) is 42.7 Å². The van der Waals surface area contributed by atoms with E-state index in [1.165, 1.54) is 0 Å². The third-order valence-corrected chi connectivity index (χ3v) is 4.47. The quantitative estimate of drug-likeness (QED) is 0.383. The molecule has 1 rings (SSSR count). The van der Waals surface area contributed by atoms with Crippen LogP contribution in [0.4, 0.5) is 0 Å². The van der Waals surface area contributed by atoms with E-state index < -0.39 is 60.4 Å². The van der Waals surface area contributed by atoms with Gasteiger partial charge in [0.15, 0.2) is 0 Å². The van der Waals surface area contributed by atoms with Gasteiger partial charge in [0.25, 0.3) is 0 Å². The largest absolute Gasteiger partial charge is 0.790 e. The molecule has 1 saturated carbocycles. The number of ether oxygens (including phenoxy) is 1. The first kappa shape index (κ1) is 22.3. The van der Waals surface area contributed by atoms with Crippen LogP contribution in [0.1, 0.15) is 6.42 Å². The van der Waals surface area contributed by atoms with Gasteiger partial charge in [-0.25, -0.2) is 0 Å². The van der Waals surface area contributed by atoms with Crippen molar-refractivity contribution in [2.24, 2.45) is 0 Å². The van der Waals surface area contributed by atoms with E-state index in [-0.39, 0.29) is 0 Å². The molecule has 24 heavy (non-hydrogen) atoms. The van der Waals surface area contributed by atoms with E-state index in [0.717, 1.165) is 7.11 Å². The summed E-state index contributed by atoms with van der Waals surface area (Å²) in [6, 6.07) is 0. The molecule has 0 heterocycles. The summed E-state index contributed by atoms with van der Waals surface area (Å²) in [6.45, 7) is 0. The highest BCUT2D eigenvalue weighted by molar-refractivity contribution is 7.43. The molecule has 1 N–H and O–H groups in total. The van der Waals surface area contributed by atoms with Gasteiger partial charge in [0, 0.05) is 13.5 Å². The Labute approximate surface area is 135 Å². The number of hydrogen-bond acceptors (Lipinski definition) is 14. The van der Waals surface area contributed by atoms with Gasteiger partial charge in [0.1, 0.15) is 18.3 Å². The number of phosphoric acid groups is 3. The van der Waals surface area contributed by atoms with Gasteiger partial charge in [0.05, 0.1) is 35.7 Å². The molecule has 0 aliphatic heterocycles. The average molecular weight is 412 g/mol. The van der Waals surface area contributed by atoms with Crippen molar-refractivity contribution in [2.75, 3.05) is 7.11 Å². The van der Waals surface area contributed by atoms with Crippen molar-refractivity contribution in [3.05, 3.63) is 0 Å². The van der Waals surface area contributed by atoms with E-state index in [0.29, 0.717) is 0 Å². The second-order valence-electron chi connectivity index (χ2n) is 4.63. The lowest BCUT2D eigenvalue weighted by molar-refractivity contribution is -0.367. The highest BCUT2D eigenvalue weighted by Gasteiger charge is 2.48. The van der Waals surface area contributed by atoms with Gasteiger partial charge in [-0.2, -0.15) is 0 Å². The first-order valence-corrected chi connectivity index (χ1v) is 10.3. The van der Waals surface area contributed by atoms with Crippen molar-refractivity contribution < 1.29 is 66.5 Å². The van der Waals surface area contributed by atoms with Crippen LogP contribution in [0.3, 0.4) is 0 Å². The molecule has 1 fully saturated rings. The van der Waals surface area contributed by atoms with Crippen LogP contribution < -0.4 is 29.4 Å². The topological polar surface area (TPSA) is 247 Å².